The number of nitrogens with zero attached hydrogens (tertiary/aromatic N) is 2. The zero-order valence-electron chi connectivity index (χ0n) is 17.3. The number of hydrogen-bond donors (Lipinski definition) is 2. The number of halogens is 1. The summed E-state index contributed by atoms with van der Waals surface area (Å²) in [5.41, 5.74) is 0.661. The van der Waals surface area contributed by atoms with Gasteiger partial charge in [-0.2, -0.15) is 0 Å². The lowest BCUT2D eigenvalue weighted by Gasteiger charge is -2.35. The average Bonchev–Trinajstić information content (AvgIpc) is 2.80. The molecule has 3 heterocycles. The van der Waals surface area contributed by atoms with Crippen molar-refractivity contribution >= 4 is 39.2 Å². The summed E-state index contributed by atoms with van der Waals surface area (Å²) in [5.74, 6) is 1.46. The van der Waals surface area contributed by atoms with Crippen molar-refractivity contribution < 1.29 is 19.1 Å². The molecule has 0 aliphatic carbocycles. The molecular formula is C22H25BrN4O4. The number of likely N-dealkylation sites (tertiary alicyclic amines) is 1. The Morgan fingerprint density at radius 3 is 2.74 bits per heavy atom. The van der Waals surface area contributed by atoms with E-state index in [9.17, 15) is 9.59 Å². The van der Waals surface area contributed by atoms with Crippen LogP contribution in [0.1, 0.15) is 19.8 Å². The first-order valence-corrected chi connectivity index (χ1v) is 11.2. The predicted octanol–water partition coefficient (Wildman–Crippen LogP) is 3.29. The van der Waals surface area contributed by atoms with E-state index in [0.29, 0.717) is 42.8 Å². The molecule has 1 aromatic carbocycles. The van der Waals surface area contributed by atoms with Gasteiger partial charge in [-0.05, 0) is 66.5 Å². The summed E-state index contributed by atoms with van der Waals surface area (Å²) in [4.78, 5) is 31.8. The second kappa shape index (κ2) is 9.65. The van der Waals surface area contributed by atoms with Crippen LogP contribution in [0.4, 0.5) is 11.5 Å². The molecule has 2 N–H and O–H groups in total. The average molecular weight is 489 g/mol. The summed E-state index contributed by atoms with van der Waals surface area (Å²) < 4.78 is 12.0. The number of fused-ring (bicyclic) bond motifs is 1. The molecule has 2 unspecified atom stereocenters. The van der Waals surface area contributed by atoms with Crippen LogP contribution in [0, 0.1) is 5.92 Å². The van der Waals surface area contributed by atoms with Crippen LogP contribution < -0.4 is 20.1 Å². The smallest absolute Gasteiger partial charge is 0.241 e. The third-order valence-electron chi connectivity index (χ3n) is 5.54. The molecule has 9 heteroatoms. The lowest BCUT2D eigenvalue weighted by Crippen LogP contribution is -2.49. The lowest BCUT2D eigenvalue weighted by atomic mass is 9.96. The zero-order chi connectivity index (χ0) is 21.8. The number of amides is 2. The maximum atomic E-state index is 12.8. The molecule has 0 spiro atoms. The summed E-state index contributed by atoms with van der Waals surface area (Å²) in [5, 5.41) is 5.82. The number of piperidine rings is 1. The quantitative estimate of drug-likeness (QED) is 0.670. The monoisotopic (exact) mass is 488 g/mol. The van der Waals surface area contributed by atoms with Gasteiger partial charge in [-0.15, -0.1) is 0 Å². The molecule has 1 saturated heterocycles. The topological polar surface area (TPSA) is 92.8 Å². The number of aromatic nitrogens is 1. The highest BCUT2D eigenvalue weighted by Gasteiger charge is 2.31. The van der Waals surface area contributed by atoms with Crippen molar-refractivity contribution in [1.82, 2.24) is 9.88 Å². The minimum atomic E-state index is -0.366. The van der Waals surface area contributed by atoms with E-state index in [4.69, 9.17) is 9.47 Å². The molecule has 0 bridgehead atoms. The number of carbonyl (C=O) groups is 2. The van der Waals surface area contributed by atoms with Gasteiger partial charge in [0.1, 0.15) is 19.0 Å². The summed E-state index contributed by atoms with van der Waals surface area (Å²) >= 11 is 3.33. The molecule has 31 heavy (non-hydrogen) atoms. The first kappa shape index (κ1) is 21.6. The summed E-state index contributed by atoms with van der Waals surface area (Å²) in [7, 11) is 0. The highest BCUT2D eigenvalue weighted by atomic mass is 79.9. The van der Waals surface area contributed by atoms with Gasteiger partial charge in [0, 0.05) is 29.0 Å². The third kappa shape index (κ3) is 5.34. The van der Waals surface area contributed by atoms with Gasteiger partial charge in [0.2, 0.25) is 11.8 Å². The molecule has 2 aromatic rings. The Balaban J connectivity index is 1.34. The molecular weight excluding hydrogens is 464 g/mol. The first-order chi connectivity index (χ1) is 15.0. The Morgan fingerprint density at radius 2 is 1.97 bits per heavy atom. The van der Waals surface area contributed by atoms with E-state index in [0.717, 1.165) is 23.9 Å². The number of anilines is 2. The van der Waals surface area contributed by atoms with Crippen molar-refractivity contribution in [1.29, 1.82) is 0 Å². The van der Waals surface area contributed by atoms with Crippen molar-refractivity contribution in [2.24, 2.45) is 5.92 Å². The van der Waals surface area contributed by atoms with Gasteiger partial charge in [0.25, 0.3) is 0 Å². The molecule has 0 saturated carbocycles. The van der Waals surface area contributed by atoms with Crippen LogP contribution in [0.3, 0.4) is 0 Å². The molecule has 2 amide bonds. The largest absolute Gasteiger partial charge is 0.486 e. The van der Waals surface area contributed by atoms with Crippen LogP contribution in [0.5, 0.6) is 11.5 Å². The first-order valence-electron chi connectivity index (χ1n) is 10.4. The van der Waals surface area contributed by atoms with Gasteiger partial charge in [0.05, 0.1) is 12.0 Å². The summed E-state index contributed by atoms with van der Waals surface area (Å²) in [6.07, 6.45) is 3.29. The fraction of sp³-hybridized carbons (Fsp3) is 0.409. The minimum Gasteiger partial charge on any atom is -0.486 e. The number of benzene rings is 1. The van der Waals surface area contributed by atoms with Gasteiger partial charge in [-0.1, -0.05) is 0 Å². The molecule has 0 radical (unpaired) electrons. The molecule has 1 aromatic heterocycles. The third-order valence-corrected chi connectivity index (χ3v) is 6.01. The van der Waals surface area contributed by atoms with Gasteiger partial charge in [-0.25, -0.2) is 4.98 Å². The maximum absolute atomic E-state index is 12.8. The highest BCUT2D eigenvalue weighted by Crippen LogP contribution is 2.32. The summed E-state index contributed by atoms with van der Waals surface area (Å²) in [6.45, 7) is 4.18. The molecule has 2 atom stereocenters. The number of nitrogens with one attached hydrogen (secondary N) is 2. The standard InChI is InChI=1S/C22H25BrN4O4/c1-14(21(28)25-17-5-6-18-19(11-17)31-10-9-30-18)27-8-2-3-15(13-27)22(29)26-20-7-4-16(23)12-24-20/h4-7,11-12,14-15H,2-3,8-10,13H2,1H3,(H,25,28)(H,24,26,29). The van der Waals surface area contributed by atoms with E-state index in [-0.39, 0.29) is 23.8 Å². The summed E-state index contributed by atoms with van der Waals surface area (Å²) in [6, 6.07) is 8.60. The Bertz CT molecular complexity index is 953. The Kier molecular flexibility index (Phi) is 6.72. The van der Waals surface area contributed by atoms with E-state index in [1.807, 2.05) is 13.0 Å². The Morgan fingerprint density at radius 1 is 1.16 bits per heavy atom. The van der Waals surface area contributed by atoms with Crippen molar-refractivity contribution in [2.45, 2.75) is 25.8 Å². The molecule has 164 valence electrons. The Hall–Kier alpha value is -2.65. The van der Waals surface area contributed by atoms with Crippen molar-refractivity contribution in [3.63, 3.8) is 0 Å². The lowest BCUT2D eigenvalue weighted by molar-refractivity contribution is -0.125. The predicted molar refractivity (Wildman–Crippen MR) is 120 cm³/mol. The number of pyridine rings is 1. The highest BCUT2D eigenvalue weighted by molar-refractivity contribution is 9.10. The Labute approximate surface area is 189 Å². The van der Waals surface area contributed by atoms with Gasteiger partial charge < -0.3 is 20.1 Å². The van der Waals surface area contributed by atoms with E-state index in [2.05, 4.69) is 36.4 Å². The van der Waals surface area contributed by atoms with Crippen LogP contribution in [0.25, 0.3) is 0 Å². The van der Waals surface area contributed by atoms with E-state index in [1.165, 1.54) is 0 Å². The van der Waals surface area contributed by atoms with Crippen LogP contribution in [0.15, 0.2) is 41.0 Å². The minimum absolute atomic E-state index is 0.0704. The zero-order valence-corrected chi connectivity index (χ0v) is 18.9. The number of carbonyl (C=O) groups excluding carboxylic acids is 2. The van der Waals surface area contributed by atoms with Crippen LogP contribution in [0.2, 0.25) is 0 Å². The molecule has 4 rings (SSSR count). The maximum Gasteiger partial charge on any atom is 0.241 e. The molecule has 2 aliphatic heterocycles. The van der Waals surface area contributed by atoms with Gasteiger partial charge in [0.15, 0.2) is 11.5 Å². The van der Waals surface area contributed by atoms with Gasteiger partial charge >= 0.3 is 0 Å². The fourth-order valence-corrected chi connectivity index (χ4v) is 4.02. The second-order valence-corrected chi connectivity index (χ2v) is 8.62. The molecule has 1 fully saturated rings. The van der Waals surface area contributed by atoms with Crippen LogP contribution in [-0.2, 0) is 9.59 Å². The van der Waals surface area contributed by atoms with E-state index < -0.39 is 0 Å². The van der Waals surface area contributed by atoms with E-state index in [1.54, 1.807) is 30.5 Å². The van der Waals surface area contributed by atoms with Crippen LogP contribution >= 0.6 is 15.9 Å². The fourth-order valence-electron chi connectivity index (χ4n) is 3.78. The second-order valence-electron chi connectivity index (χ2n) is 7.71. The SMILES string of the molecule is CC(C(=O)Nc1ccc2c(c1)OCCO2)N1CCCC(C(=O)Nc2ccc(Br)cn2)C1. The van der Waals surface area contributed by atoms with E-state index >= 15 is 0 Å². The van der Waals surface area contributed by atoms with Crippen molar-refractivity contribution in [3.8, 4) is 11.5 Å². The normalized spacial score (nSPS) is 19.4. The number of hydrogen-bond acceptors (Lipinski definition) is 6. The molecule has 8 nitrogen and oxygen atoms in total. The van der Waals surface area contributed by atoms with Crippen molar-refractivity contribution in [3.05, 3.63) is 41.0 Å². The molecule has 2 aliphatic rings. The van der Waals surface area contributed by atoms with Gasteiger partial charge in [-0.3, -0.25) is 14.5 Å². The van der Waals surface area contributed by atoms with Crippen molar-refractivity contribution in [2.75, 3.05) is 36.9 Å². The number of ether oxygens (including phenoxy) is 2. The number of rotatable bonds is 5. The van der Waals surface area contributed by atoms with Crippen LogP contribution in [-0.4, -0.2) is 54.0 Å².